The number of fused-ring (bicyclic) bond motifs is 4. The molecule has 0 aliphatic carbocycles. The Morgan fingerprint density at radius 1 is 0.354 bits per heavy atom. The summed E-state index contributed by atoms with van der Waals surface area (Å²) in [5.74, 6) is -4.83. The van der Waals surface area contributed by atoms with Gasteiger partial charge in [0.1, 0.15) is 0 Å². The smallest absolute Gasteiger partial charge is 0.310 e. The molecule has 0 bridgehead atoms. The normalized spacial score (nSPS) is 26.7. The van der Waals surface area contributed by atoms with E-state index in [4.69, 9.17) is 22.6 Å². The summed E-state index contributed by atoms with van der Waals surface area (Å²) in [6.45, 7) is 13.9. The molecule has 8 aromatic carbocycles. The van der Waals surface area contributed by atoms with E-state index in [0.29, 0.717) is 19.6 Å². The molecule has 0 amide bonds. The summed E-state index contributed by atoms with van der Waals surface area (Å²) in [6, 6.07) is 51.1. The Kier molecular flexibility index (Phi) is 22.8. The molecule has 0 radical (unpaired) electrons. The van der Waals surface area contributed by atoms with E-state index < -0.39 is 115 Å². The molecule has 0 N–H and O–H groups in total. The van der Waals surface area contributed by atoms with Gasteiger partial charge >= 0.3 is 23.9 Å². The third-order valence-electron chi connectivity index (χ3n) is 16.2. The monoisotopic (exact) mass is 1410 g/mol. The van der Waals surface area contributed by atoms with Gasteiger partial charge in [0.2, 0.25) is 15.3 Å². The second-order valence-electron chi connectivity index (χ2n) is 25.0. The van der Waals surface area contributed by atoms with E-state index in [9.17, 15) is 46.8 Å². The minimum atomic E-state index is -3.92. The van der Waals surface area contributed by atoms with Gasteiger partial charge in [-0.15, -0.1) is 0 Å². The lowest BCUT2D eigenvalue weighted by Gasteiger charge is -2.33. The Bertz CT molecular complexity index is 4100. The van der Waals surface area contributed by atoms with E-state index in [2.05, 4.69) is 0 Å². The standard InChI is InChI=1S/C19H22O6S2.3C18H19FO3S/c1-13(2)24-19(21)15-11-18(20)27(12-15,25-26(3,22)23)17-10-6-8-14-7-4-5-9-16(14)17;3*1-12(2)22-18(21)14-10-17(20)23(19,11-14)16-9-5-7-13-6-3-4-8-15(13)16/h4-10,13,15H,11-12H2,1-3H3;3*3-9,12,14H,10-11H2,1-2H3. The summed E-state index contributed by atoms with van der Waals surface area (Å²) in [6.07, 6.45) is -0.466. The number of ether oxygens (including phenoxy) is 4. The van der Waals surface area contributed by atoms with Crippen LogP contribution in [0.5, 0.6) is 0 Å². The SMILES string of the molecule is CC(C)OC(=O)C1CC(=O)S(F)(c2cccc3ccccc23)C1.CC(C)OC(=O)C1CC(=O)S(F)(c2cccc3ccccc23)C1.CC(C)OC(=O)C1CC(=O)S(F)(c2cccc3ccccc23)C1.CC(C)OC(=O)C1CC(=O)S(OS(C)(=O)=O)(c2cccc3ccccc23)C1. The quantitative estimate of drug-likeness (QED) is 0.0730. The Hall–Kier alpha value is -7.54. The average molecular weight is 1410 g/mol. The van der Waals surface area contributed by atoms with Crippen LogP contribution in [0, 0.1) is 23.7 Å². The Balaban J connectivity index is 0.000000151. The topological polar surface area (TPSA) is 217 Å². The minimum absolute atomic E-state index is 0.0124. The highest BCUT2D eigenvalue weighted by atomic mass is 32.3. The minimum Gasteiger partial charge on any atom is -0.463 e. The van der Waals surface area contributed by atoms with Crippen molar-refractivity contribution >= 4 is 139 Å². The van der Waals surface area contributed by atoms with Crippen molar-refractivity contribution in [1.82, 2.24) is 0 Å². The highest BCUT2D eigenvalue weighted by Crippen LogP contribution is 2.69. The number of carbonyl (C=O) groups excluding carboxylic acids is 8. The molecule has 96 heavy (non-hydrogen) atoms. The Morgan fingerprint density at radius 2 is 0.583 bits per heavy atom. The van der Waals surface area contributed by atoms with Crippen molar-refractivity contribution in [3.8, 4) is 0 Å². The largest absolute Gasteiger partial charge is 0.463 e. The molecule has 4 saturated heterocycles. The van der Waals surface area contributed by atoms with Crippen molar-refractivity contribution in [3.63, 3.8) is 0 Å². The Labute approximate surface area is 564 Å². The summed E-state index contributed by atoms with van der Waals surface area (Å²) in [7, 11) is -16.3. The fourth-order valence-electron chi connectivity index (χ4n) is 12.1. The second-order valence-corrected chi connectivity index (χ2v) is 37.2. The molecule has 512 valence electrons. The van der Waals surface area contributed by atoms with Crippen molar-refractivity contribution in [2.45, 2.75) is 125 Å². The lowest BCUT2D eigenvalue weighted by molar-refractivity contribution is -0.152. The van der Waals surface area contributed by atoms with Crippen molar-refractivity contribution in [2.75, 3.05) is 29.3 Å². The third-order valence-corrected chi connectivity index (χ3v) is 29.4. The summed E-state index contributed by atoms with van der Waals surface area (Å²) >= 11 is 0. The van der Waals surface area contributed by atoms with E-state index >= 15 is 11.7 Å². The number of esters is 4. The molecule has 8 unspecified atom stereocenters. The van der Waals surface area contributed by atoms with Crippen LogP contribution in [0.4, 0.5) is 11.7 Å². The fraction of sp³-hybridized carbons (Fsp3) is 0.342. The van der Waals surface area contributed by atoms with Crippen molar-refractivity contribution in [1.29, 1.82) is 0 Å². The first-order valence-corrected chi connectivity index (χ1v) is 40.1. The highest BCUT2D eigenvalue weighted by molar-refractivity contribution is 8.44. The number of hydrogen-bond acceptors (Lipinski definition) is 15. The fourth-order valence-corrected chi connectivity index (χ4v) is 25.4. The molecule has 4 aliphatic heterocycles. The molecule has 0 spiro atoms. The van der Waals surface area contributed by atoms with Gasteiger partial charge in [-0.3, -0.25) is 38.4 Å². The molecule has 4 aliphatic rings. The Morgan fingerprint density at radius 3 is 0.854 bits per heavy atom. The molecule has 8 atom stereocenters. The molecule has 23 heteroatoms. The van der Waals surface area contributed by atoms with E-state index in [1.807, 2.05) is 121 Å². The van der Waals surface area contributed by atoms with Crippen LogP contribution < -0.4 is 0 Å². The van der Waals surface area contributed by atoms with Gasteiger partial charge in [0.05, 0.1) is 54.3 Å². The lowest BCUT2D eigenvalue weighted by atomic mass is 10.1. The van der Waals surface area contributed by atoms with Gasteiger partial charge in [0, 0.05) is 68.3 Å². The van der Waals surface area contributed by atoms with Gasteiger partial charge in [-0.25, -0.2) is 3.63 Å². The van der Waals surface area contributed by atoms with Crippen molar-refractivity contribution < 1.29 is 81.0 Å². The average Bonchev–Trinajstić information content (AvgIpc) is 1.55. The maximum atomic E-state index is 15.6. The summed E-state index contributed by atoms with van der Waals surface area (Å²) in [5.41, 5.74) is 0. The zero-order valence-electron chi connectivity index (χ0n) is 54.7. The van der Waals surface area contributed by atoms with Crippen LogP contribution in [0.3, 0.4) is 0 Å². The maximum absolute atomic E-state index is 15.6. The van der Waals surface area contributed by atoms with Crippen molar-refractivity contribution in [3.05, 3.63) is 170 Å². The number of rotatable bonds is 14. The first-order valence-electron chi connectivity index (χ1n) is 31.5. The van der Waals surface area contributed by atoms with Gasteiger partial charge < -0.3 is 18.9 Å². The lowest BCUT2D eigenvalue weighted by Crippen LogP contribution is -2.22. The predicted octanol–water partition coefficient (Wildman–Crippen LogP) is 16.6. The van der Waals surface area contributed by atoms with Crippen LogP contribution in [0.1, 0.15) is 81.1 Å². The molecule has 0 aromatic heterocycles. The molecule has 8 aromatic rings. The van der Waals surface area contributed by atoms with Crippen LogP contribution in [-0.4, -0.2) is 106 Å². The molecule has 12 rings (SSSR count). The number of halogens is 3. The summed E-state index contributed by atoms with van der Waals surface area (Å²) in [5, 5.41) is 4.84. The molecular formula is C73H79F3O15S5. The van der Waals surface area contributed by atoms with Crippen LogP contribution >= 0.6 is 41.6 Å². The third kappa shape index (κ3) is 16.0. The van der Waals surface area contributed by atoms with Gasteiger partial charge in [0.15, 0.2) is 5.12 Å². The first kappa shape index (κ1) is 72.7. The number of benzene rings is 8. The zero-order valence-corrected chi connectivity index (χ0v) is 58.8. The summed E-state index contributed by atoms with van der Waals surface area (Å²) < 4.78 is 97.2. The predicted molar refractivity (Wildman–Crippen MR) is 375 cm³/mol. The first-order chi connectivity index (χ1) is 45.4. The van der Waals surface area contributed by atoms with Crippen LogP contribution in [0.25, 0.3) is 43.1 Å². The molecule has 15 nitrogen and oxygen atoms in total. The van der Waals surface area contributed by atoms with E-state index in [1.165, 1.54) is 0 Å². The van der Waals surface area contributed by atoms with Gasteiger partial charge in [-0.1, -0.05) is 146 Å². The van der Waals surface area contributed by atoms with E-state index in [-0.39, 0.29) is 78.2 Å². The van der Waals surface area contributed by atoms with Gasteiger partial charge in [-0.2, -0.15) is 20.1 Å². The molecule has 4 heterocycles. The summed E-state index contributed by atoms with van der Waals surface area (Å²) in [4.78, 5) is 101. The van der Waals surface area contributed by atoms with E-state index in [1.54, 1.807) is 104 Å². The molecular weight excluding hydrogens is 1330 g/mol. The van der Waals surface area contributed by atoms with Gasteiger partial charge in [0.25, 0.3) is 10.1 Å². The van der Waals surface area contributed by atoms with Crippen molar-refractivity contribution in [2.24, 2.45) is 23.7 Å². The van der Waals surface area contributed by atoms with Gasteiger partial charge in [-0.05, 0) is 164 Å². The van der Waals surface area contributed by atoms with E-state index in [0.717, 1.165) is 49.3 Å². The van der Waals surface area contributed by atoms with Crippen LogP contribution in [0.15, 0.2) is 189 Å². The molecule has 4 fully saturated rings. The van der Waals surface area contributed by atoms with Crippen LogP contribution in [-0.2, 0) is 71.1 Å². The second kappa shape index (κ2) is 30.1. The zero-order chi connectivity index (χ0) is 69.7. The number of hydrogen-bond donors (Lipinski definition) is 0. The number of carbonyl (C=O) groups is 8. The highest BCUT2D eigenvalue weighted by Gasteiger charge is 2.53. The maximum Gasteiger partial charge on any atom is 0.310 e. The molecule has 0 saturated carbocycles. The van der Waals surface area contributed by atoms with Crippen LogP contribution in [0.2, 0.25) is 0 Å².